The highest BCUT2D eigenvalue weighted by molar-refractivity contribution is 5.85. The molecule has 0 radical (unpaired) electrons. The Bertz CT molecular complexity index is 1380. The molecule has 0 unspecified atom stereocenters. The van der Waals surface area contributed by atoms with Crippen LogP contribution in [0.1, 0.15) is 46.0 Å². The first-order chi connectivity index (χ1) is 17.7. The van der Waals surface area contributed by atoms with Crippen LogP contribution in [0.15, 0.2) is 35.3 Å². The van der Waals surface area contributed by atoms with Gasteiger partial charge in [0.05, 0.1) is 5.52 Å². The summed E-state index contributed by atoms with van der Waals surface area (Å²) in [7, 11) is 5.02. The molecule has 0 spiro atoms. The van der Waals surface area contributed by atoms with E-state index in [0.717, 1.165) is 59.9 Å². The number of ether oxygens (including phenoxy) is 1. The van der Waals surface area contributed by atoms with Crippen molar-refractivity contribution in [3.05, 3.63) is 46.4 Å². The van der Waals surface area contributed by atoms with Gasteiger partial charge in [-0.15, -0.1) is 0 Å². The first-order valence-electron chi connectivity index (χ1n) is 13.0. The number of rotatable bonds is 7. The number of nitrogens with one attached hydrogen (secondary N) is 1. The number of pyridine rings is 1. The average Bonchev–Trinajstić information content (AvgIpc) is 3.70. The van der Waals surface area contributed by atoms with Gasteiger partial charge >= 0.3 is 0 Å². The molecule has 2 aromatic heterocycles. The largest absolute Gasteiger partial charge is 0.478 e. The van der Waals surface area contributed by atoms with Crippen molar-refractivity contribution in [2.75, 3.05) is 44.0 Å². The van der Waals surface area contributed by atoms with Crippen LogP contribution in [0, 0.1) is 11.8 Å². The molecule has 2 fully saturated rings. The van der Waals surface area contributed by atoms with E-state index in [1.54, 1.807) is 31.8 Å². The third-order valence-corrected chi connectivity index (χ3v) is 7.28. The van der Waals surface area contributed by atoms with Gasteiger partial charge in [0.15, 0.2) is 12.4 Å². The van der Waals surface area contributed by atoms with Crippen LogP contribution in [0.5, 0.6) is 5.75 Å². The summed E-state index contributed by atoms with van der Waals surface area (Å²) < 4.78 is 7.14. The lowest BCUT2D eigenvalue weighted by molar-refractivity contribution is -0.130. The van der Waals surface area contributed by atoms with Crippen molar-refractivity contribution in [2.24, 2.45) is 18.9 Å². The second-order valence-electron chi connectivity index (χ2n) is 10.9. The molecule has 1 aliphatic carbocycles. The second kappa shape index (κ2) is 10.0. The fraction of sp³-hybridized carbons (Fsp3) is 0.500. The summed E-state index contributed by atoms with van der Waals surface area (Å²) in [5.74, 6) is 3.28. The first kappa shape index (κ1) is 25.0. The van der Waals surface area contributed by atoms with Gasteiger partial charge in [-0.1, -0.05) is 13.8 Å². The van der Waals surface area contributed by atoms with E-state index in [4.69, 9.17) is 14.7 Å². The quantitative estimate of drug-likeness (QED) is 0.515. The molecule has 1 amide bonds. The number of carbonyl (C=O) groups excluding carboxylic acids is 1. The molecule has 1 N–H and O–H groups in total. The molecule has 2 aliphatic rings. The van der Waals surface area contributed by atoms with Gasteiger partial charge < -0.3 is 24.4 Å². The number of fused-ring (bicyclic) bond motifs is 1. The van der Waals surface area contributed by atoms with Crippen molar-refractivity contribution < 1.29 is 11.0 Å². The SMILES string of the molecule is C[C@@H]1C[C@H](C)CN(c2ncc(C3CC3)c(Nc3ccc4c(c3)cc(OCC(=O)N(C)C)c(=O)n4C)n2)C1.[HH]. The van der Waals surface area contributed by atoms with Crippen LogP contribution in [0.2, 0.25) is 0 Å². The number of anilines is 3. The Morgan fingerprint density at radius 2 is 1.92 bits per heavy atom. The molecule has 0 bridgehead atoms. The van der Waals surface area contributed by atoms with Crippen LogP contribution < -0.4 is 20.5 Å². The van der Waals surface area contributed by atoms with Gasteiger partial charge in [0.25, 0.3) is 11.5 Å². The summed E-state index contributed by atoms with van der Waals surface area (Å²) in [4.78, 5) is 38.2. The number of piperidine rings is 1. The normalized spacial score (nSPS) is 19.6. The van der Waals surface area contributed by atoms with Gasteiger partial charge in [0.2, 0.25) is 5.95 Å². The van der Waals surface area contributed by atoms with Crippen molar-refractivity contribution in [1.29, 1.82) is 0 Å². The highest BCUT2D eigenvalue weighted by atomic mass is 16.5. The third-order valence-electron chi connectivity index (χ3n) is 7.28. The standard InChI is InChI=1S/C28H36N6O3.H2/c1-17-10-18(2)15-34(14-17)28-29-13-22(19-6-7-19)26(31-28)30-21-8-9-23-20(11-21)12-24(27(36)33(23)5)37-16-25(35)32(3)4;/h8-9,11-13,17-19H,6-7,10,14-16H2,1-5H3,(H,29,30,31);1H/t17-,18+;. The maximum absolute atomic E-state index is 12.8. The maximum atomic E-state index is 12.8. The van der Waals surface area contributed by atoms with Crippen LogP contribution in [0.3, 0.4) is 0 Å². The first-order valence-corrected chi connectivity index (χ1v) is 13.0. The van der Waals surface area contributed by atoms with Gasteiger partial charge in [-0.25, -0.2) is 4.98 Å². The summed E-state index contributed by atoms with van der Waals surface area (Å²) in [6.45, 7) is 6.33. The highest BCUT2D eigenvalue weighted by Crippen LogP contribution is 2.43. The Hall–Kier alpha value is -3.62. The van der Waals surface area contributed by atoms with Crippen molar-refractivity contribution >= 4 is 34.3 Å². The number of hydrogen-bond acceptors (Lipinski definition) is 7. The van der Waals surface area contributed by atoms with E-state index < -0.39 is 0 Å². The van der Waals surface area contributed by atoms with E-state index in [2.05, 4.69) is 24.1 Å². The molecule has 2 atom stereocenters. The molecule has 9 heteroatoms. The monoisotopic (exact) mass is 506 g/mol. The molecule has 37 heavy (non-hydrogen) atoms. The number of likely N-dealkylation sites (N-methyl/N-ethyl adjacent to an activating group) is 1. The summed E-state index contributed by atoms with van der Waals surface area (Å²) in [6, 6.07) is 7.57. The van der Waals surface area contributed by atoms with Crippen LogP contribution in [-0.4, -0.2) is 59.1 Å². The lowest BCUT2D eigenvalue weighted by atomic mass is 9.92. The molecule has 198 valence electrons. The zero-order chi connectivity index (χ0) is 26.3. The number of aromatic nitrogens is 3. The average molecular weight is 507 g/mol. The highest BCUT2D eigenvalue weighted by Gasteiger charge is 2.29. The Kier molecular flexibility index (Phi) is 6.79. The fourth-order valence-corrected chi connectivity index (χ4v) is 5.19. The van der Waals surface area contributed by atoms with E-state index >= 15 is 0 Å². The van der Waals surface area contributed by atoms with Crippen molar-refractivity contribution in [2.45, 2.75) is 39.0 Å². The zero-order valence-electron chi connectivity index (χ0n) is 22.3. The summed E-state index contributed by atoms with van der Waals surface area (Å²) in [5, 5.41) is 4.37. The van der Waals surface area contributed by atoms with Gasteiger partial charge in [-0.05, 0) is 61.3 Å². The van der Waals surface area contributed by atoms with Crippen LogP contribution in [-0.2, 0) is 11.8 Å². The fourth-order valence-electron chi connectivity index (χ4n) is 5.19. The van der Waals surface area contributed by atoms with Crippen molar-refractivity contribution in [1.82, 2.24) is 19.4 Å². The number of nitrogens with zero attached hydrogens (tertiary/aromatic N) is 5. The molecule has 3 aromatic rings. The Morgan fingerprint density at radius 3 is 2.59 bits per heavy atom. The van der Waals surface area contributed by atoms with Gasteiger partial charge in [-0.3, -0.25) is 9.59 Å². The number of benzene rings is 1. The van der Waals surface area contributed by atoms with Crippen molar-refractivity contribution in [3.8, 4) is 5.75 Å². The molecular weight excluding hydrogens is 468 g/mol. The molecule has 1 saturated heterocycles. The third kappa shape index (κ3) is 5.40. The van der Waals surface area contributed by atoms with E-state index in [1.165, 1.54) is 11.3 Å². The molecule has 9 nitrogen and oxygen atoms in total. The Labute approximate surface area is 218 Å². The summed E-state index contributed by atoms with van der Waals surface area (Å²) in [5.41, 5.74) is 2.52. The van der Waals surface area contributed by atoms with E-state index in [0.29, 0.717) is 17.8 Å². The molecule has 3 heterocycles. The van der Waals surface area contributed by atoms with Gasteiger partial charge in [0, 0.05) is 58.5 Å². The lowest BCUT2D eigenvalue weighted by Crippen LogP contribution is -2.39. The van der Waals surface area contributed by atoms with Gasteiger partial charge in [-0.2, -0.15) is 4.98 Å². The topological polar surface area (TPSA) is 92.6 Å². The van der Waals surface area contributed by atoms with Crippen LogP contribution in [0.4, 0.5) is 17.5 Å². The number of hydrogen-bond donors (Lipinski definition) is 1. The molecule has 1 aliphatic heterocycles. The van der Waals surface area contributed by atoms with E-state index in [-0.39, 0.29) is 25.2 Å². The number of carbonyl (C=O) groups is 1. The molecular formula is C28H38N6O3. The van der Waals surface area contributed by atoms with Crippen LogP contribution in [0.25, 0.3) is 10.9 Å². The zero-order valence-corrected chi connectivity index (χ0v) is 22.3. The number of amides is 1. The second-order valence-corrected chi connectivity index (χ2v) is 10.9. The van der Waals surface area contributed by atoms with E-state index in [9.17, 15) is 9.59 Å². The van der Waals surface area contributed by atoms with Gasteiger partial charge in [0.1, 0.15) is 5.82 Å². The van der Waals surface area contributed by atoms with Crippen LogP contribution >= 0.6 is 0 Å². The van der Waals surface area contributed by atoms with Crippen molar-refractivity contribution in [3.63, 3.8) is 0 Å². The summed E-state index contributed by atoms with van der Waals surface area (Å²) >= 11 is 0. The minimum absolute atomic E-state index is 0. The molecule has 1 saturated carbocycles. The lowest BCUT2D eigenvalue weighted by Gasteiger charge is -2.35. The number of aryl methyl sites for hydroxylation is 1. The molecule has 5 rings (SSSR count). The minimum atomic E-state index is -0.277. The summed E-state index contributed by atoms with van der Waals surface area (Å²) in [6.07, 6.45) is 5.53. The predicted molar refractivity (Wildman–Crippen MR) is 148 cm³/mol. The Balaban J connectivity index is 0.00000336. The van der Waals surface area contributed by atoms with E-state index in [1.807, 2.05) is 24.4 Å². The Morgan fingerprint density at radius 1 is 1.19 bits per heavy atom. The predicted octanol–water partition coefficient (Wildman–Crippen LogP) is 4.14. The smallest absolute Gasteiger partial charge is 0.293 e. The molecule has 1 aromatic carbocycles. The maximum Gasteiger partial charge on any atom is 0.293 e. The minimum Gasteiger partial charge on any atom is -0.478 e.